The highest BCUT2D eigenvalue weighted by atomic mass is 32.2. The zero-order valence-electron chi connectivity index (χ0n) is 12.3. The molecule has 1 aromatic carbocycles. The first-order chi connectivity index (χ1) is 9.85. The molecule has 0 saturated carbocycles. The lowest BCUT2D eigenvalue weighted by Crippen LogP contribution is -2.43. The summed E-state index contributed by atoms with van der Waals surface area (Å²) >= 11 is 0. The second kappa shape index (κ2) is 6.44. The Bertz CT molecular complexity index is 622. The molecule has 1 atom stereocenters. The highest BCUT2D eigenvalue weighted by Gasteiger charge is 2.20. The van der Waals surface area contributed by atoms with E-state index in [1.54, 1.807) is 25.1 Å². The lowest BCUT2D eigenvalue weighted by Gasteiger charge is -2.22. The number of amides is 1. The molecule has 2 rings (SSSR count). The summed E-state index contributed by atoms with van der Waals surface area (Å²) in [5.74, 6) is -0.0436. The van der Waals surface area contributed by atoms with Crippen LogP contribution in [0.5, 0.6) is 0 Å². The van der Waals surface area contributed by atoms with E-state index in [1.165, 1.54) is 0 Å². The van der Waals surface area contributed by atoms with Crippen LogP contribution in [0.3, 0.4) is 0 Å². The largest absolute Gasteiger partial charge is 0.325 e. The molecule has 6 nitrogen and oxygen atoms in total. The van der Waals surface area contributed by atoms with Gasteiger partial charge in [-0.25, -0.2) is 8.42 Å². The summed E-state index contributed by atoms with van der Waals surface area (Å²) in [5.41, 5.74) is 1.95. The molecule has 7 heteroatoms. The van der Waals surface area contributed by atoms with Crippen molar-refractivity contribution in [2.24, 2.45) is 0 Å². The second-order valence-corrected chi connectivity index (χ2v) is 7.14. The maximum atomic E-state index is 12.1. The SMILES string of the molecule is Cc1cc(NC(=O)[C@@H]2CCCCN2)ccc1NS(C)(=O)=O. The van der Waals surface area contributed by atoms with Gasteiger partial charge in [0.15, 0.2) is 0 Å². The number of piperidine rings is 1. The van der Waals surface area contributed by atoms with E-state index in [0.29, 0.717) is 11.4 Å². The number of carbonyl (C=O) groups excluding carboxylic acids is 1. The molecule has 21 heavy (non-hydrogen) atoms. The standard InChI is InChI=1S/C14H21N3O3S/c1-10-9-11(6-7-12(10)17-21(2,19)20)16-14(18)13-5-3-4-8-15-13/h6-7,9,13,15,17H,3-5,8H2,1-2H3,(H,16,18)/t13-/m0/s1. The fraction of sp³-hybridized carbons (Fsp3) is 0.500. The highest BCUT2D eigenvalue weighted by Crippen LogP contribution is 2.21. The van der Waals surface area contributed by atoms with E-state index in [4.69, 9.17) is 0 Å². The molecule has 1 aliphatic heterocycles. The number of anilines is 2. The molecule has 116 valence electrons. The third-order valence-corrected chi connectivity index (χ3v) is 4.01. The topological polar surface area (TPSA) is 87.3 Å². The van der Waals surface area contributed by atoms with E-state index in [2.05, 4.69) is 15.4 Å². The van der Waals surface area contributed by atoms with Gasteiger partial charge in [0, 0.05) is 5.69 Å². The van der Waals surface area contributed by atoms with Crippen LogP contribution in [0.4, 0.5) is 11.4 Å². The Morgan fingerprint density at radius 2 is 2.10 bits per heavy atom. The van der Waals surface area contributed by atoms with Gasteiger partial charge in [-0.1, -0.05) is 6.42 Å². The van der Waals surface area contributed by atoms with Crippen LogP contribution in [0.1, 0.15) is 24.8 Å². The molecule has 0 aromatic heterocycles. The Kier molecular flexibility index (Phi) is 4.84. The second-order valence-electron chi connectivity index (χ2n) is 5.40. The van der Waals surface area contributed by atoms with Gasteiger partial charge in [-0.05, 0) is 50.1 Å². The van der Waals surface area contributed by atoms with Crippen molar-refractivity contribution in [1.82, 2.24) is 5.32 Å². The Labute approximate surface area is 125 Å². The first-order valence-corrected chi connectivity index (χ1v) is 8.87. The maximum Gasteiger partial charge on any atom is 0.241 e. The van der Waals surface area contributed by atoms with Crippen LogP contribution in [-0.2, 0) is 14.8 Å². The number of hydrogen-bond donors (Lipinski definition) is 3. The molecule has 0 bridgehead atoms. The van der Waals surface area contributed by atoms with Gasteiger partial charge in [-0.2, -0.15) is 0 Å². The van der Waals surface area contributed by atoms with E-state index >= 15 is 0 Å². The summed E-state index contributed by atoms with van der Waals surface area (Å²) in [6.45, 7) is 2.66. The molecule has 0 aliphatic carbocycles. The van der Waals surface area contributed by atoms with Gasteiger partial charge in [0.05, 0.1) is 18.0 Å². The van der Waals surface area contributed by atoms with Crippen molar-refractivity contribution in [1.29, 1.82) is 0 Å². The van der Waals surface area contributed by atoms with Crippen LogP contribution < -0.4 is 15.4 Å². The van der Waals surface area contributed by atoms with Gasteiger partial charge in [0.25, 0.3) is 0 Å². The normalized spacial score (nSPS) is 19.0. The number of benzene rings is 1. The fourth-order valence-corrected chi connectivity index (χ4v) is 2.99. The molecule has 1 aromatic rings. The van der Waals surface area contributed by atoms with E-state index in [-0.39, 0.29) is 11.9 Å². The van der Waals surface area contributed by atoms with Gasteiger partial charge < -0.3 is 10.6 Å². The molecule has 1 fully saturated rings. The van der Waals surface area contributed by atoms with Crippen molar-refractivity contribution < 1.29 is 13.2 Å². The summed E-state index contributed by atoms with van der Waals surface area (Å²) in [5, 5.41) is 6.06. The maximum absolute atomic E-state index is 12.1. The molecule has 0 spiro atoms. The van der Waals surface area contributed by atoms with Gasteiger partial charge in [0.1, 0.15) is 0 Å². The number of carbonyl (C=O) groups is 1. The predicted octanol–water partition coefficient (Wildman–Crippen LogP) is 1.45. The summed E-state index contributed by atoms with van der Waals surface area (Å²) in [6.07, 6.45) is 4.12. The van der Waals surface area contributed by atoms with E-state index in [0.717, 1.165) is 37.6 Å². The Morgan fingerprint density at radius 1 is 1.33 bits per heavy atom. The molecule has 0 unspecified atom stereocenters. The molecule has 3 N–H and O–H groups in total. The number of aryl methyl sites for hydroxylation is 1. The van der Waals surface area contributed by atoms with Crippen molar-refractivity contribution in [3.63, 3.8) is 0 Å². The molecular weight excluding hydrogens is 290 g/mol. The monoisotopic (exact) mass is 311 g/mol. The van der Waals surface area contributed by atoms with Gasteiger partial charge in [0.2, 0.25) is 15.9 Å². The minimum absolute atomic E-state index is 0.0436. The summed E-state index contributed by atoms with van der Waals surface area (Å²) < 4.78 is 24.9. The number of hydrogen-bond acceptors (Lipinski definition) is 4. The zero-order valence-corrected chi connectivity index (χ0v) is 13.1. The van der Waals surface area contributed by atoms with Gasteiger partial charge >= 0.3 is 0 Å². The molecule has 1 heterocycles. The van der Waals surface area contributed by atoms with Crippen molar-refractivity contribution in [2.45, 2.75) is 32.2 Å². The fourth-order valence-electron chi connectivity index (χ4n) is 2.36. The van der Waals surface area contributed by atoms with Crippen LogP contribution in [0.15, 0.2) is 18.2 Å². The molecule has 0 radical (unpaired) electrons. The average molecular weight is 311 g/mol. The Hall–Kier alpha value is -1.60. The van der Waals surface area contributed by atoms with Crippen LogP contribution in [-0.4, -0.2) is 33.2 Å². The zero-order chi connectivity index (χ0) is 15.5. The summed E-state index contributed by atoms with van der Waals surface area (Å²) in [6, 6.07) is 4.96. The summed E-state index contributed by atoms with van der Waals surface area (Å²) in [4.78, 5) is 12.1. The van der Waals surface area contributed by atoms with Crippen molar-refractivity contribution in [2.75, 3.05) is 22.8 Å². The molecular formula is C14H21N3O3S. The Morgan fingerprint density at radius 3 is 2.67 bits per heavy atom. The van der Waals surface area contributed by atoms with Crippen LogP contribution in [0, 0.1) is 6.92 Å². The molecule has 1 saturated heterocycles. The third-order valence-electron chi connectivity index (χ3n) is 3.42. The highest BCUT2D eigenvalue weighted by molar-refractivity contribution is 7.92. The smallest absolute Gasteiger partial charge is 0.241 e. The Balaban J connectivity index is 2.04. The molecule has 1 amide bonds. The average Bonchev–Trinajstić information content (AvgIpc) is 2.41. The van der Waals surface area contributed by atoms with Gasteiger partial charge in [-0.15, -0.1) is 0 Å². The predicted molar refractivity (Wildman–Crippen MR) is 83.9 cm³/mol. The van der Waals surface area contributed by atoms with Crippen molar-refractivity contribution in [3.05, 3.63) is 23.8 Å². The van der Waals surface area contributed by atoms with Crippen LogP contribution in [0.25, 0.3) is 0 Å². The van der Waals surface area contributed by atoms with E-state index in [9.17, 15) is 13.2 Å². The number of sulfonamides is 1. The minimum Gasteiger partial charge on any atom is -0.325 e. The van der Waals surface area contributed by atoms with Crippen molar-refractivity contribution >= 4 is 27.3 Å². The number of nitrogens with one attached hydrogen (secondary N) is 3. The third kappa shape index (κ3) is 4.71. The van der Waals surface area contributed by atoms with Crippen LogP contribution >= 0.6 is 0 Å². The lowest BCUT2D eigenvalue weighted by atomic mass is 10.0. The first-order valence-electron chi connectivity index (χ1n) is 6.98. The van der Waals surface area contributed by atoms with E-state index < -0.39 is 10.0 Å². The number of rotatable bonds is 4. The summed E-state index contributed by atoms with van der Waals surface area (Å²) in [7, 11) is -3.30. The quantitative estimate of drug-likeness (QED) is 0.785. The van der Waals surface area contributed by atoms with Crippen LogP contribution in [0.2, 0.25) is 0 Å². The van der Waals surface area contributed by atoms with Crippen molar-refractivity contribution in [3.8, 4) is 0 Å². The lowest BCUT2D eigenvalue weighted by molar-refractivity contribution is -0.118. The minimum atomic E-state index is -3.30. The molecule has 1 aliphatic rings. The van der Waals surface area contributed by atoms with E-state index in [1.807, 2.05) is 0 Å². The van der Waals surface area contributed by atoms with Gasteiger partial charge in [-0.3, -0.25) is 9.52 Å². The first kappa shape index (κ1) is 15.8.